The first-order valence-electron chi connectivity index (χ1n) is 3.49. The highest BCUT2D eigenvalue weighted by molar-refractivity contribution is 7.76. The molecule has 0 saturated carbocycles. The third-order valence-electron chi connectivity index (χ3n) is 1.60. The molecule has 11 heavy (non-hydrogen) atoms. The Morgan fingerprint density at radius 1 is 1.64 bits per heavy atom. The van der Waals surface area contributed by atoms with Gasteiger partial charge in [-0.1, -0.05) is 0 Å². The Morgan fingerprint density at radius 2 is 2.27 bits per heavy atom. The third kappa shape index (κ3) is 2.52. The largest absolute Gasteiger partial charge is 0.760 e. The lowest BCUT2D eigenvalue weighted by atomic mass is 10.1. The summed E-state index contributed by atoms with van der Waals surface area (Å²) in [6, 6.07) is 0. The molecule has 0 amide bonds. The number of ether oxygens (including phenoxy) is 1. The molecule has 1 heterocycles. The Kier molecular flexibility index (Phi) is 2.64. The minimum atomic E-state index is -2.10. The van der Waals surface area contributed by atoms with Crippen LogP contribution in [0.4, 0.5) is 0 Å². The van der Waals surface area contributed by atoms with E-state index in [0.29, 0.717) is 19.7 Å². The number of hydrogen-bond acceptors (Lipinski definition) is 3. The van der Waals surface area contributed by atoms with Crippen molar-refractivity contribution in [3.05, 3.63) is 0 Å². The van der Waals surface area contributed by atoms with E-state index in [-0.39, 0.29) is 5.60 Å². The number of hydrogen-bond donors (Lipinski definition) is 0. The zero-order chi connectivity index (χ0) is 8.48. The summed E-state index contributed by atoms with van der Waals surface area (Å²) in [7, 11) is 0. The van der Waals surface area contributed by atoms with Crippen LogP contribution in [0.2, 0.25) is 0 Å². The second-order valence-corrected chi connectivity index (χ2v) is 4.14. The lowest BCUT2D eigenvalue weighted by Crippen LogP contribution is -2.48. The van der Waals surface area contributed by atoms with Gasteiger partial charge in [0, 0.05) is 24.4 Å². The molecule has 1 aliphatic rings. The van der Waals surface area contributed by atoms with Crippen LogP contribution >= 0.6 is 0 Å². The maximum Gasteiger partial charge on any atom is 0.0763 e. The van der Waals surface area contributed by atoms with Crippen LogP contribution in [0.15, 0.2) is 0 Å². The van der Waals surface area contributed by atoms with Crippen molar-refractivity contribution in [1.29, 1.82) is 0 Å². The van der Waals surface area contributed by atoms with Crippen molar-refractivity contribution in [2.24, 2.45) is 0 Å². The van der Waals surface area contributed by atoms with Gasteiger partial charge in [0.1, 0.15) is 0 Å². The zero-order valence-electron chi connectivity index (χ0n) is 6.70. The van der Waals surface area contributed by atoms with Crippen LogP contribution in [0.3, 0.4) is 0 Å². The smallest absolute Gasteiger partial charge is 0.0763 e. The van der Waals surface area contributed by atoms with E-state index in [4.69, 9.17) is 4.74 Å². The second-order valence-electron chi connectivity index (χ2n) is 3.19. The van der Waals surface area contributed by atoms with Gasteiger partial charge in [-0.25, -0.2) is 4.31 Å². The Labute approximate surface area is 68.9 Å². The molecular weight excluding hydrogens is 166 g/mol. The zero-order valence-corrected chi connectivity index (χ0v) is 7.52. The molecule has 1 rings (SSSR count). The summed E-state index contributed by atoms with van der Waals surface area (Å²) in [5, 5.41) is 0. The molecule has 0 aromatic carbocycles. The highest BCUT2D eigenvalue weighted by atomic mass is 32.2. The van der Waals surface area contributed by atoms with Gasteiger partial charge in [0.2, 0.25) is 0 Å². The van der Waals surface area contributed by atoms with Crippen molar-refractivity contribution in [2.45, 2.75) is 19.4 Å². The van der Waals surface area contributed by atoms with Crippen LogP contribution in [-0.4, -0.2) is 38.4 Å². The van der Waals surface area contributed by atoms with Crippen LogP contribution in [0.1, 0.15) is 13.8 Å². The Morgan fingerprint density at radius 3 is 2.64 bits per heavy atom. The highest BCUT2D eigenvalue weighted by Gasteiger charge is 2.27. The summed E-state index contributed by atoms with van der Waals surface area (Å²) in [5.74, 6) is 0. The molecule has 1 fully saturated rings. The van der Waals surface area contributed by atoms with Gasteiger partial charge in [0.05, 0.1) is 12.2 Å². The summed E-state index contributed by atoms with van der Waals surface area (Å²) in [4.78, 5) is 0. The van der Waals surface area contributed by atoms with E-state index in [2.05, 4.69) is 0 Å². The standard InChI is InChI=1S/C6H13NO3S/c1-6(2)5-7(11(8)9)3-4-10-6/h3-5H2,1-2H3,(H,8,9)/p-1. The van der Waals surface area contributed by atoms with Crippen LogP contribution in [0, 0.1) is 0 Å². The van der Waals surface area contributed by atoms with E-state index in [1.54, 1.807) is 0 Å². The van der Waals surface area contributed by atoms with Gasteiger partial charge >= 0.3 is 0 Å². The fourth-order valence-electron chi connectivity index (χ4n) is 1.10. The van der Waals surface area contributed by atoms with Gasteiger partial charge in [-0.05, 0) is 13.8 Å². The van der Waals surface area contributed by atoms with Crippen LogP contribution in [0.5, 0.6) is 0 Å². The van der Waals surface area contributed by atoms with Crippen molar-refractivity contribution in [1.82, 2.24) is 4.31 Å². The summed E-state index contributed by atoms with van der Waals surface area (Å²) in [6.07, 6.45) is 0. The van der Waals surface area contributed by atoms with Gasteiger partial charge in [-0.15, -0.1) is 0 Å². The lowest BCUT2D eigenvalue weighted by Gasteiger charge is -2.38. The Balaban J connectivity index is 2.53. The predicted octanol–water partition coefficient (Wildman–Crippen LogP) is -0.109. The van der Waals surface area contributed by atoms with E-state index in [1.165, 1.54) is 4.31 Å². The maximum absolute atomic E-state index is 10.5. The lowest BCUT2D eigenvalue weighted by molar-refractivity contribution is -0.0643. The van der Waals surface area contributed by atoms with E-state index < -0.39 is 11.3 Å². The molecule has 1 aliphatic heterocycles. The molecule has 5 heteroatoms. The first-order chi connectivity index (χ1) is 5.01. The Hall–Kier alpha value is 0.0300. The van der Waals surface area contributed by atoms with Gasteiger partial charge in [0.15, 0.2) is 0 Å². The molecule has 4 nitrogen and oxygen atoms in total. The molecule has 1 atom stereocenters. The van der Waals surface area contributed by atoms with Gasteiger partial charge in [-0.3, -0.25) is 4.21 Å². The summed E-state index contributed by atoms with van der Waals surface area (Å²) < 4.78 is 27.7. The fourth-order valence-corrected chi connectivity index (χ4v) is 1.74. The normalized spacial score (nSPS) is 28.3. The van der Waals surface area contributed by atoms with Crippen LogP contribution in [0.25, 0.3) is 0 Å². The summed E-state index contributed by atoms with van der Waals surface area (Å²) >= 11 is -2.10. The van der Waals surface area contributed by atoms with Gasteiger partial charge < -0.3 is 9.29 Å². The van der Waals surface area contributed by atoms with Gasteiger partial charge in [0.25, 0.3) is 0 Å². The quantitative estimate of drug-likeness (QED) is 0.526. The average Bonchev–Trinajstić information content (AvgIpc) is 1.85. The highest BCUT2D eigenvalue weighted by Crippen LogP contribution is 2.16. The van der Waals surface area contributed by atoms with Crippen molar-refractivity contribution >= 4 is 11.3 Å². The maximum atomic E-state index is 10.5. The van der Waals surface area contributed by atoms with Crippen molar-refractivity contribution in [3.63, 3.8) is 0 Å². The molecule has 0 N–H and O–H groups in total. The average molecular weight is 178 g/mol. The number of morpholine rings is 1. The minimum absolute atomic E-state index is 0.335. The molecule has 1 saturated heterocycles. The molecule has 66 valence electrons. The van der Waals surface area contributed by atoms with E-state index >= 15 is 0 Å². The Bertz CT molecular complexity index is 171. The van der Waals surface area contributed by atoms with Crippen LogP contribution < -0.4 is 0 Å². The van der Waals surface area contributed by atoms with E-state index in [1.807, 2.05) is 13.8 Å². The predicted molar refractivity (Wildman–Crippen MR) is 40.5 cm³/mol. The molecule has 0 aromatic heterocycles. The second kappa shape index (κ2) is 3.18. The number of nitrogens with zero attached hydrogens (tertiary/aromatic N) is 1. The first-order valence-corrected chi connectivity index (χ1v) is 4.53. The summed E-state index contributed by atoms with van der Waals surface area (Å²) in [5.41, 5.74) is -0.335. The molecule has 1 unspecified atom stereocenters. The molecule has 0 spiro atoms. The van der Waals surface area contributed by atoms with Crippen molar-refractivity contribution in [2.75, 3.05) is 19.7 Å². The molecule has 0 aliphatic carbocycles. The fraction of sp³-hybridized carbons (Fsp3) is 1.00. The monoisotopic (exact) mass is 178 g/mol. The molecule has 0 bridgehead atoms. The number of rotatable bonds is 1. The third-order valence-corrected chi connectivity index (χ3v) is 2.33. The van der Waals surface area contributed by atoms with E-state index in [0.717, 1.165) is 0 Å². The van der Waals surface area contributed by atoms with Crippen LogP contribution in [-0.2, 0) is 16.0 Å². The topological polar surface area (TPSA) is 52.6 Å². The summed E-state index contributed by atoms with van der Waals surface area (Å²) in [6.45, 7) is 5.17. The van der Waals surface area contributed by atoms with Crippen molar-refractivity contribution in [3.8, 4) is 0 Å². The first kappa shape index (κ1) is 9.12. The van der Waals surface area contributed by atoms with Gasteiger partial charge in [-0.2, -0.15) is 0 Å². The SMILES string of the molecule is CC1(C)CN(S(=O)[O-])CCO1. The molecule has 0 aromatic rings. The minimum Gasteiger partial charge on any atom is -0.760 e. The van der Waals surface area contributed by atoms with Crippen molar-refractivity contribution < 1.29 is 13.5 Å². The van der Waals surface area contributed by atoms with E-state index in [9.17, 15) is 8.76 Å². The molecule has 0 radical (unpaired) electrons. The molecular formula is C6H12NO3S-.